The van der Waals surface area contributed by atoms with Crippen molar-refractivity contribution < 1.29 is 14.3 Å². The van der Waals surface area contributed by atoms with Gasteiger partial charge in [0.25, 0.3) is 5.91 Å². The molecule has 0 fully saturated rings. The molecule has 0 bridgehead atoms. The van der Waals surface area contributed by atoms with E-state index >= 15 is 0 Å². The molecule has 2 heterocycles. The zero-order valence-electron chi connectivity index (χ0n) is 23.6. The number of nitrogens with one attached hydrogen (secondary N) is 2. The molecule has 0 saturated heterocycles. The number of hydrogen-bond acceptors (Lipinski definition) is 5. The summed E-state index contributed by atoms with van der Waals surface area (Å²) in [5.41, 5.74) is 6.94. The summed E-state index contributed by atoms with van der Waals surface area (Å²) in [6, 6.07) is 17.5. The zero-order chi connectivity index (χ0) is 28.4. The Morgan fingerprint density at radius 1 is 1.07 bits per heavy atom. The molecule has 0 saturated carbocycles. The molecule has 0 radical (unpaired) electrons. The van der Waals surface area contributed by atoms with Crippen LogP contribution in [0.25, 0.3) is 11.0 Å². The summed E-state index contributed by atoms with van der Waals surface area (Å²) in [6.45, 7) is 11.1. The number of halogens is 1. The van der Waals surface area contributed by atoms with Crippen LogP contribution >= 0.6 is 15.9 Å². The van der Waals surface area contributed by atoms with E-state index in [0.29, 0.717) is 36.2 Å². The van der Waals surface area contributed by atoms with Gasteiger partial charge in [0.05, 0.1) is 40.3 Å². The van der Waals surface area contributed by atoms with E-state index in [1.165, 1.54) is 0 Å². The van der Waals surface area contributed by atoms with Gasteiger partial charge in [0.1, 0.15) is 0 Å². The maximum Gasteiger partial charge on any atom is 0.255 e. The molecule has 7 nitrogen and oxygen atoms in total. The first kappa shape index (κ1) is 27.8. The van der Waals surface area contributed by atoms with E-state index < -0.39 is 6.04 Å². The van der Waals surface area contributed by atoms with Crippen LogP contribution in [0.3, 0.4) is 0 Å². The van der Waals surface area contributed by atoms with Gasteiger partial charge in [-0.3, -0.25) is 9.36 Å². The van der Waals surface area contributed by atoms with Crippen molar-refractivity contribution in [3.8, 4) is 11.5 Å². The number of allylic oxidation sites excluding steroid dienone is 1. The molecule has 208 valence electrons. The molecule has 1 aromatic heterocycles. The van der Waals surface area contributed by atoms with Crippen LogP contribution in [0.2, 0.25) is 0 Å². The number of aromatic nitrogens is 2. The van der Waals surface area contributed by atoms with E-state index in [4.69, 9.17) is 14.5 Å². The van der Waals surface area contributed by atoms with Crippen LogP contribution in [0.4, 0.5) is 11.6 Å². The number of imidazole rings is 1. The number of rotatable bonds is 9. The summed E-state index contributed by atoms with van der Waals surface area (Å²) in [6.07, 6.45) is 1.98. The van der Waals surface area contributed by atoms with E-state index in [9.17, 15) is 4.79 Å². The van der Waals surface area contributed by atoms with Crippen LogP contribution in [0, 0.1) is 13.8 Å². The van der Waals surface area contributed by atoms with Gasteiger partial charge in [-0.25, -0.2) is 4.98 Å². The third-order valence-corrected chi connectivity index (χ3v) is 7.69. The van der Waals surface area contributed by atoms with Crippen LogP contribution < -0.4 is 20.1 Å². The first-order chi connectivity index (χ1) is 19.3. The number of aryl methyl sites for hydroxylation is 2. The number of ether oxygens (including phenoxy) is 2. The predicted octanol–water partition coefficient (Wildman–Crippen LogP) is 7.92. The molecule has 1 aliphatic heterocycles. The molecule has 40 heavy (non-hydrogen) atoms. The third kappa shape index (κ3) is 5.32. The molecule has 0 spiro atoms. The molecule has 8 heteroatoms. The Kier molecular flexibility index (Phi) is 8.17. The first-order valence-corrected chi connectivity index (χ1v) is 14.5. The molecule has 5 rings (SSSR count). The second-order valence-electron chi connectivity index (χ2n) is 10.1. The third-order valence-electron chi connectivity index (χ3n) is 7.10. The van der Waals surface area contributed by atoms with Gasteiger partial charge in [-0.1, -0.05) is 43.2 Å². The van der Waals surface area contributed by atoms with Gasteiger partial charge in [0, 0.05) is 11.4 Å². The Bertz CT molecular complexity index is 1610. The average Bonchev–Trinajstić information content (AvgIpc) is 3.28. The number of para-hydroxylation sites is 2. The molecule has 1 amide bonds. The van der Waals surface area contributed by atoms with Crippen molar-refractivity contribution in [2.45, 2.75) is 53.5 Å². The van der Waals surface area contributed by atoms with E-state index in [-0.39, 0.29) is 5.91 Å². The van der Waals surface area contributed by atoms with Crippen LogP contribution in [0.1, 0.15) is 56.3 Å². The minimum Gasteiger partial charge on any atom is -0.490 e. The topological polar surface area (TPSA) is 77.4 Å². The van der Waals surface area contributed by atoms with Gasteiger partial charge < -0.3 is 20.1 Å². The Labute approximate surface area is 243 Å². The lowest BCUT2D eigenvalue weighted by molar-refractivity contribution is -0.113. The van der Waals surface area contributed by atoms with Crippen molar-refractivity contribution in [1.29, 1.82) is 0 Å². The maximum absolute atomic E-state index is 14.1. The molecular weight excluding hydrogens is 568 g/mol. The average molecular weight is 604 g/mol. The van der Waals surface area contributed by atoms with Crippen LogP contribution in [-0.4, -0.2) is 28.7 Å². The van der Waals surface area contributed by atoms with Gasteiger partial charge in [0.2, 0.25) is 5.95 Å². The second-order valence-corrected chi connectivity index (χ2v) is 11.0. The van der Waals surface area contributed by atoms with E-state index in [0.717, 1.165) is 56.4 Å². The van der Waals surface area contributed by atoms with Crippen LogP contribution in [0.5, 0.6) is 11.5 Å². The molecule has 0 unspecified atom stereocenters. The number of hydrogen-bond donors (Lipinski definition) is 2. The Morgan fingerprint density at radius 2 is 1.88 bits per heavy atom. The van der Waals surface area contributed by atoms with E-state index in [2.05, 4.69) is 44.1 Å². The number of fused-ring (bicyclic) bond motifs is 3. The summed E-state index contributed by atoms with van der Waals surface area (Å²) in [4.78, 5) is 18.9. The minimum absolute atomic E-state index is 0.178. The number of carbonyl (C=O) groups excluding carboxylic acids is 1. The Balaban J connectivity index is 1.66. The van der Waals surface area contributed by atoms with Gasteiger partial charge in [-0.05, 0) is 91.5 Å². The lowest BCUT2D eigenvalue weighted by Gasteiger charge is -2.31. The van der Waals surface area contributed by atoms with Crippen molar-refractivity contribution in [3.05, 3.63) is 87.0 Å². The van der Waals surface area contributed by atoms with E-state index in [1.807, 2.05) is 76.2 Å². The number of benzene rings is 3. The zero-order valence-corrected chi connectivity index (χ0v) is 25.2. The van der Waals surface area contributed by atoms with Gasteiger partial charge in [0.15, 0.2) is 11.5 Å². The van der Waals surface area contributed by atoms with E-state index in [1.54, 1.807) is 0 Å². The molecule has 4 aromatic rings. The monoisotopic (exact) mass is 602 g/mol. The first-order valence-electron chi connectivity index (χ1n) is 13.7. The minimum atomic E-state index is -0.463. The number of amides is 1. The quantitative estimate of drug-likeness (QED) is 0.190. The Hall–Kier alpha value is -3.78. The molecule has 2 N–H and O–H groups in total. The van der Waals surface area contributed by atoms with Gasteiger partial charge in [-0.15, -0.1) is 0 Å². The molecular formula is C32H35BrN4O3. The number of nitrogens with zero attached hydrogens (tertiary/aromatic N) is 2. The molecule has 1 aliphatic rings. The highest BCUT2D eigenvalue weighted by atomic mass is 79.9. The van der Waals surface area contributed by atoms with Gasteiger partial charge in [-0.2, -0.15) is 0 Å². The maximum atomic E-state index is 14.1. The van der Waals surface area contributed by atoms with Crippen LogP contribution in [-0.2, 0) is 4.79 Å². The number of unbranched alkanes of at least 4 members (excludes halogenated alkanes) is 1. The highest BCUT2D eigenvalue weighted by Gasteiger charge is 2.35. The standard InChI is InChI=1S/C32H35BrN4O3/c1-6-8-15-40-30-23(33)17-22(18-27(30)39-7-2)29-28(31(38)35-24-14-13-19(3)16-20(24)4)21(5)34-32-36-25-11-9-10-12-26(25)37(29)32/h9-14,16-18,29H,6-8,15H2,1-5H3,(H,34,36)(H,35,38)/t29-/m1/s1. The smallest absolute Gasteiger partial charge is 0.255 e. The van der Waals surface area contributed by atoms with Crippen molar-refractivity contribution in [1.82, 2.24) is 9.55 Å². The van der Waals surface area contributed by atoms with Crippen molar-refractivity contribution in [2.75, 3.05) is 23.8 Å². The number of anilines is 2. The SMILES string of the molecule is CCCCOc1c(Br)cc([C@@H]2C(C(=O)Nc3ccc(C)cc3C)=C(C)Nc3nc4ccccc4n32)cc1OCC. The van der Waals surface area contributed by atoms with Crippen LogP contribution in [0.15, 0.2) is 70.3 Å². The molecule has 3 aromatic carbocycles. The van der Waals surface area contributed by atoms with Crippen molar-refractivity contribution in [2.24, 2.45) is 0 Å². The largest absolute Gasteiger partial charge is 0.490 e. The lowest BCUT2D eigenvalue weighted by atomic mass is 9.93. The summed E-state index contributed by atoms with van der Waals surface area (Å²) in [7, 11) is 0. The summed E-state index contributed by atoms with van der Waals surface area (Å²) in [5, 5.41) is 6.56. The fourth-order valence-corrected chi connectivity index (χ4v) is 5.76. The fourth-order valence-electron chi connectivity index (χ4n) is 5.18. The highest BCUT2D eigenvalue weighted by molar-refractivity contribution is 9.10. The summed E-state index contributed by atoms with van der Waals surface area (Å²) in [5.74, 6) is 1.82. The molecule has 1 atom stereocenters. The second kappa shape index (κ2) is 11.8. The predicted molar refractivity (Wildman–Crippen MR) is 164 cm³/mol. The lowest BCUT2D eigenvalue weighted by Crippen LogP contribution is -2.31. The van der Waals surface area contributed by atoms with Gasteiger partial charge >= 0.3 is 0 Å². The number of carbonyl (C=O) groups is 1. The normalized spacial score (nSPS) is 14.6. The molecule has 0 aliphatic carbocycles. The fraction of sp³-hybridized carbons (Fsp3) is 0.312. The Morgan fingerprint density at radius 3 is 2.62 bits per heavy atom. The highest BCUT2D eigenvalue weighted by Crippen LogP contribution is 2.45. The van der Waals surface area contributed by atoms with Crippen molar-refractivity contribution in [3.63, 3.8) is 0 Å². The van der Waals surface area contributed by atoms with Crippen molar-refractivity contribution >= 4 is 44.5 Å². The summed E-state index contributed by atoms with van der Waals surface area (Å²) < 4.78 is 15.1. The summed E-state index contributed by atoms with van der Waals surface area (Å²) >= 11 is 3.75.